The number of rotatable bonds is 3. The fourth-order valence-electron chi connectivity index (χ4n) is 4.30. The normalized spacial score (nSPS) is 13.0. The summed E-state index contributed by atoms with van der Waals surface area (Å²) in [6.07, 6.45) is 12.9. The van der Waals surface area contributed by atoms with E-state index in [4.69, 9.17) is 23.2 Å². The van der Waals surface area contributed by atoms with Crippen molar-refractivity contribution >= 4 is 52.2 Å². The van der Waals surface area contributed by atoms with Crippen LogP contribution in [-0.2, 0) is 30.7 Å². The van der Waals surface area contributed by atoms with Crippen molar-refractivity contribution in [3.63, 3.8) is 0 Å². The second kappa shape index (κ2) is 23.6. The molecule has 0 heterocycles. The average molecular weight is 744 g/mol. The molecule has 0 amide bonds. The molecule has 0 saturated heterocycles. The molecule has 6 rings (SSSR count). The van der Waals surface area contributed by atoms with Crippen LogP contribution in [0, 0.1) is 35.6 Å². The van der Waals surface area contributed by atoms with Gasteiger partial charge in [0.2, 0.25) is 0 Å². The monoisotopic (exact) mass is 740 g/mol. The van der Waals surface area contributed by atoms with E-state index >= 15 is 0 Å². The summed E-state index contributed by atoms with van der Waals surface area (Å²) in [4.78, 5) is 0. The summed E-state index contributed by atoms with van der Waals surface area (Å²) in [6.45, 7) is 9.03. The predicted molar refractivity (Wildman–Crippen MR) is 194 cm³/mol. The van der Waals surface area contributed by atoms with Crippen molar-refractivity contribution in [2.45, 2.75) is 53.4 Å². The second-order valence-electron chi connectivity index (χ2n) is 10.8. The van der Waals surface area contributed by atoms with Crippen molar-refractivity contribution in [3.05, 3.63) is 154 Å². The van der Waals surface area contributed by atoms with Crippen molar-refractivity contribution < 1.29 is 24.2 Å². The third-order valence-electron chi connectivity index (χ3n) is 6.54. The topological polar surface area (TPSA) is 0 Å². The van der Waals surface area contributed by atoms with E-state index in [0.717, 1.165) is 16.5 Å². The molecule has 1 unspecified atom stereocenters. The number of unbranched alkanes of at least 4 members (excludes halogenated alkanes) is 1. The summed E-state index contributed by atoms with van der Waals surface area (Å²) in [5.41, 5.74) is 7.26. The molecule has 234 valence electrons. The van der Waals surface area contributed by atoms with Gasteiger partial charge in [0.1, 0.15) is 0 Å². The number of allylic oxidation sites excluding steroid dienone is 4. The molecule has 4 aromatic carbocycles. The molecule has 1 atom stereocenters. The molecule has 0 bridgehead atoms. The molecule has 0 aromatic heterocycles. The second-order valence-corrected chi connectivity index (χ2v) is 11.6. The van der Waals surface area contributed by atoms with Gasteiger partial charge < -0.3 is 0 Å². The van der Waals surface area contributed by atoms with Gasteiger partial charge in [0.25, 0.3) is 0 Å². The molecule has 2 aliphatic carbocycles. The maximum absolute atomic E-state index is 5.52. The first-order valence-electron chi connectivity index (χ1n) is 14.3. The Bertz CT molecular complexity index is 1300. The van der Waals surface area contributed by atoms with E-state index in [9.17, 15) is 0 Å². The minimum atomic E-state index is 0. The van der Waals surface area contributed by atoms with Crippen molar-refractivity contribution in [2.75, 3.05) is 0 Å². The predicted octanol–water partition coefficient (Wildman–Crippen LogP) is 12.3. The molecule has 4 aromatic rings. The third-order valence-corrected chi connectivity index (χ3v) is 7.04. The van der Waals surface area contributed by atoms with Crippen LogP contribution in [0.4, 0.5) is 0 Å². The first-order chi connectivity index (χ1) is 20.3. The summed E-state index contributed by atoms with van der Waals surface area (Å²) in [6, 6.07) is 38.1. The minimum Gasteiger partial charge on any atom is -0.179 e. The molecule has 44 heavy (non-hydrogen) atoms. The van der Waals surface area contributed by atoms with Gasteiger partial charge in [-0.2, -0.15) is 102 Å². The first kappa shape index (κ1) is 42.3. The Labute approximate surface area is 304 Å². The molecule has 0 nitrogen and oxygen atoms in total. The van der Waals surface area contributed by atoms with E-state index in [1.165, 1.54) is 71.3 Å². The zero-order valence-electron chi connectivity index (χ0n) is 26.0. The van der Waals surface area contributed by atoms with Crippen LogP contribution in [0.1, 0.15) is 58.1 Å². The van der Waals surface area contributed by atoms with Crippen LogP contribution < -0.4 is 0 Å². The van der Waals surface area contributed by atoms with E-state index in [-0.39, 0.29) is 24.8 Å². The molecule has 0 spiro atoms. The molecule has 0 N–H and O–H groups in total. The standard InChI is InChI=1S/C13H9.C13H21.2C6H4Cl.CH2.2ClH.Zr/c1-3-7-12-10(5-1)9-11-6-2-4-8-13(11)12;1-5-6-7-11-8-9-12(10-11)13(2,3)4;2*7-6-4-2-1-3-5-6;;;;/h1-5,7-8H,9H2;9-11H,5-7H2,1-4H3;2*2-5H;1H2;2*1H;/q4*-1;;;;. The molecular weight excluding hydrogens is 701 g/mol. The van der Waals surface area contributed by atoms with Gasteiger partial charge in [-0.15, -0.1) is 53.6 Å². The van der Waals surface area contributed by atoms with Crippen molar-refractivity contribution in [2.24, 2.45) is 11.3 Å². The summed E-state index contributed by atoms with van der Waals surface area (Å²) in [5.74, 6) is 0.592. The summed E-state index contributed by atoms with van der Waals surface area (Å²) < 4.78 is 3.34. The van der Waals surface area contributed by atoms with Crippen LogP contribution >= 0.6 is 48.0 Å². The van der Waals surface area contributed by atoms with Crippen molar-refractivity contribution in [1.29, 1.82) is 0 Å². The zero-order valence-corrected chi connectivity index (χ0v) is 31.6. The number of halogens is 4. The van der Waals surface area contributed by atoms with Gasteiger partial charge in [0.05, 0.1) is 0 Å². The fourth-order valence-corrected chi connectivity index (χ4v) is 4.55. The smallest absolute Gasteiger partial charge is 0.0253 e. The van der Waals surface area contributed by atoms with Gasteiger partial charge in [-0.05, 0) is 6.42 Å². The maximum Gasteiger partial charge on any atom is -0.0253 e. The molecule has 0 saturated carbocycles. The maximum atomic E-state index is 5.52. The van der Waals surface area contributed by atoms with Crippen molar-refractivity contribution in [1.82, 2.24) is 0 Å². The Morgan fingerprint density at radius 2 is 1.34 bits per heavy atom. The average Bonchev–Trinajstić information content (AvgIpc) is 3.64. The quantitative estimate of drug-likeness (QED) is 0.161. The number of benzene rings is 4. The SMILES string of the molecule is CCCCC1[C-]=CC(C(C)(C)C)=C1.Cl.Cl.Clc1cc[c-]cc1.Clc1cc[c-]cc1.[CH2]=[Zr].[c-]1cccc2c1Cc1ccccc1-2. The van der Waals surface area contributed by atoms with Gasteiger partial charge in [0, 0.05) is 0 Å². The molecule has 2 aliphatic rings. The first-order valence-corrected chi connectivity index (χ1v) is 16.8. The molecule has 0 aliphatic heterocycles. The van der Waals surface area contributed by atoms with E-state index in [2.05, 4.69) is 105 Å². The van der Waals surface area contributed by atoms with Crippen LogP contribution in [-0.4, -0.2) is 4.21 Å². The Kier molecular flexibility index (Phi) is 22.7. The van der Waals surface area contributed by atoms with Gasteiger partial charge in [-0.1, -0.05) is 104 Å². The van der Waals surface area contributed by atoms with E-state index < -0.39 is 0 Å². The van der Waals surface area contributed by atoms with Crippen LogP contribution in [0.3, 0.4) is 0 Å². The summed E-state index contributed by atoms with van der Waals surface area (Å²) in [7, 11) is 0. The van der Waals surface area contributed by atoms with Crippen LogP contribution in [0.5, 0.6) is 0 Å². The molecule has 5 heteroatoms. The van der Waals surface area contributed by atoms with Crippen molar-refractivity contribution in [3.8, 4) is 11.1 Å². The number of hydrogen-bond acceptors (Lipinski definition) is 0. The van der Waals surface area contributed by atoms with E-state index in [1.54, 1.807) is 48.5 Å². The molecule has 0 fully saturated rings. The molecular formula is C39H42Cl4Zr-4. The Hall–Kier alpha value is -1.73. The third kappa shape index (κ3) is 15.5. The van der Waals surface area contributed by atoms with E-state index in [0.29, 0.717) is 11.3 Å². The van der Waals surface area contributed by atoms with Crippen LogP contribution in [0.15, 0.2) is 109 Å². The largest absolute Gasteiger partial charge is 0.179 e. The zero-order chi connectivity index (χ0) is 30.8. The fraction of sp³-hybridized carbons (Fsp3) is 0.256. The van der Waals surface area contributed by atoms with Gasteiger partial charge >= 0.3 is 28.4 Å². The Morgan fingerprint density at radius 3 is 1.82 bits per heavy atom. The van der Waals surface area contributed by atoms with Gasteiger partial charge in [-0.25, -0.2) is 6.08 Å². The number of fused-ring (bicyclic) bond motifs is 3. The minimum absolute atomic E-state index is 0. The Morgan fingerprint density at radius 1 is 0.795 bits per heavy atom. The van der Waals surface area contributed by atoms with Gasteiger partial charge in [0.15, 0.2) is 0 Å². The van der Waals surface area contributed by atoms with Crippen LogP contribution in [0.25, 0.3) is 11.1 Å². The van der Waals surface area contributed by atoms with Gasteiger partial charge in [-0.3, -0.25) is 6.08 Å². The summed E-state index contributed by atoms with van der Waals surface area (Å²) in [5, 5.41) is 1.53. The number of hydrogen-bond donors (Lipinski definition) is 0. The Balaban J connectivity index is 0.000000561. The van der Waals surface area contributed by atoms with E-state index in [1.807, 2.05) is 6.07 Å². The molecule has 0 radical (unpaired) electrons. The van der Waals surface area contributed by atoms with Crippen LogP contribution in [0.2, 0.25) is 10.0 Å². The summed E-state index contributed by atoms with van der Waals surface area (Å²) >= 11 is 12.3.